The summed E-state index contributed by atoms with van der Waals surface area (Å²) in [5.41, 5.74) is 4.08. The van der Waals surface area contributed by atoms with Crippen LogP contribution in [0.1, 0.15) is 94.6 Å². The summed E-state index contributed by atoms with van der Waals surface area (Å²) >= 11 is 0. The predicted octanol–water partition coefficient (Wildman–Crippen LogP) is 10.7. The minimum absolute atomic E-state index is 0.161. The van der Waals surface area contributed by atoms with Crippen LogP contribution in [0.25, 0.3) is 16.7 Å². The number of benzene rings is 2. The maximum absolute atomic E-state index is 15.1. The molecule has 2 aromatic carbocycles. The average molecular weight is 507 g/mol. The van der Waals surface area contributed by atoms with E-state index in [0.29, 0.717) is 29.0 Å². The van der Waals surface area contributed by atoms with E-state index < -0.39 is 12.3 Å². The van der Waals surface area contributed by atoms with Gasteiger partial charge in [-0.3, -0.25) is 0 Å². The summed E-state index contributed by atoms with van der Waals surface area (Å²) in [6.07, 6.45) is 13.8. The van der Waals surface area contributed by atoms with E-state index in [1.165, 1.54) is 19.3 Å². The average Bonchev–Trinajstić information content (AvgIpc) is 2.93. The lowest BCUT2D eigenvalue weighted by Gasteiger charge is -2.27. The Balaban J connectivity index is 1.40. The summed E-state index contributed by atoms with van der Waals surface area (Å²) in [6, 6.07) is 12.9. The van der Waals surface area contributed by atoms with Crippen molar-refractivity contribution in [2.45, 2.75) is 95.8 Å². The van der Waals surface area contributed by atoms with E-state index in [-0.39, 0.29) is 11.7 Å². The van der Waals surface area contributed by atoms with E-state index in [9.17, 15) is 4.39 Å². The maximum Gasteiger partial charge on any atom is 0.161 e. The molecule has 0 nitrogen and oxygen atoms in total. The van der Waals surface area contributed by atoms with Crippen LogP contribution in [0.4, 0.5) is 13.2 Å². The van der Waals surface area contributed by atoms with E-state index in [4.69, 9.17) is 0 Å². The Kier molecular flexibility index (Phi) is 9.88. The molecule has 1 fully saturated rings. The molecule has 4 rings (SSSR count). The third-order valence-electron chi connectivity index (χ3n) is 8.30. The molecule has 0 bridgehead atoms. The Hall–Kier alpha value is -2.55. The van der Waals surface area contributed by atoms with E-state index in [0.717, 1.165) is 61.6 Å². The highest BCUT2D eigenvalue weighted by atomic mass is 19.2. The Morgan fingerprint density at radius 1 is 0.784 bits per heavy atom. The van der Waals surface area contributed by atoms with Crippen molar-refractivity contribution in [2.75, 3.05) is 0 Å². The smallest absolute Gasteiger partial charge is 0.161 e. The van der Waals surface area contributed by atoms with Crippen LogP contribution in [-0.2, 0) is 0 Å². The van der Waals surface area contributed by atoms with Crippen molar-refractivity contribution in [3.8, 4) is 11.1 Å². The topological polar surface area (TPSA) is 0 Å². The van der Waals surface area contributed by atoms with Gasteiger partial charge >= 0.3 is 0 Å². The number of hydrogen-bond acceptors (Lipinski definition) is 0. The Morgan fingerprint density at radius 3 is 2.11 bits per heavy atom. The quantitative estimate of drug-likeness (QED) is 0.210. The fourth-order valence-electron chi connectivity index (χ4n) is 5.87. The molecule has 2 aliphatic rings. The van der Waals surface area contributed by atoms with Crippen molar-refractivity contribution >= 4 is 5.57 Å². The molecule has 0 amide bonds. The molecule has 2 aromatic rings. The van der Waals surface area contributed by atoms with Crippen molar-refractivity contribution in [3.05, 3.63) is 89.8 Å². The van der Waals surface area contributed by atoms with Crippen molar-refractivity contribution in [1.82, 2.24) is 0 Å². The molecule has 2 aliphatic carbocycles. The second kappa shape index (κ2) is 13.3. The van der Waals surface area contributed by atoms with Crippen LogP contribution in [-0.4, -0.2) is 12.3 Å². The van der Waals surface area contributed by atoms with Gasteiger partial charge in [0.15, 0.2) is 12.3 Å². The summed E-state index contributed by atoms with van der Waals surface area (Å²) in [5, 5.41) is 0. The van der Waals surface area contributed by atoms with Crippen LogP contribution in [0.2, 0.25) is 0 Å². The summed E-state index contributed by atoms with van der Waals surface area (Å²) in [6.45, 7) is 6.08. The summed E-state index contributed by atoms with van der Waals surface area (Å²) in [4.78, 5) is 0. The van der Waals surface area contributed by atoms with Crippen LogP contribution in [0, 0.1) is 11.7 Å². The van der Waals surface area contributed by atoms with Crippen molar-refractivity contribution < 1.29 is 13.2 Å². The van der Waals surface area contributed by atoms with Crippen LogP contribution in [0.3, 0.4) is 0 Å². The monoisotopic (exact) mass is 506 g/mol. The SMILES string of the molecule is C=CC1CCC(c2ccc(-c3ccc(C4=CC=C(CCCCCCCC)C(F)C4F)cc3)cc2F)CC1. The predicted molar refractivity (Wildman–Crippen MR) is 151 cm³/mol. The molecule has 0 saturated heterocycles. The lowest BCUT2D eigenvalue weighted by Crippen LogP contribution is -2.24. The lowest BCUT2D eigenvalue weighted by molar-refractivity contribution is 0.237. The molecule has 0 heterocycles. The molecule has 0 N–H and O–H groups in total. The zero-order chi connectivity index (χ0) is 26.2. The van der Waals surface area contributed by atoms with Gasteiger partial charge in [0.25, 0.3) is 0 Å². The van der Waals surface area contributed by atoms with Gasteiger partial charge in [-0.2, -0.15) is 0 Å². The first-order valence-corrected chi connectivity index (χ1v) is 14.2. The molecule has 3 heteroatoms. The Morgan fingerprint density at radius 2 is 1.43 bits per heavy atom. The minimum atomic E-state index is -1.65. The molecule has 0 aliphatic heterocycles. The number of hydrogen-bond donors (Lipinski definition) is 0. The molecule has 2 atom stereocenters. The van der Waals surface area contributed by atoms with Crippen molar-refractivity contribution in [2.24, 2.45) is 5.92 Å². The minimum Gasteiger partial charge on any atom is -0.239 e. The highest BCUT2D eigenvalue weighted by Crippen LogP contribution is 2.39. The van der Waals surface area contributed by atoms with Gasteiger partial charge in [0, 0.05) is 0 Å². The fraction of sp³-hybridized carbons (Fsp3) is 0.471. The summed E-state index contributed by atoms with van der Waals surface area (Å²) < 4.78 is 45.0. The lowest BCUT2D eigenvalue weighted by atomic mass is 9.78. The van der Waals surface area contributed by atoms with Crippen molar-refractivity contribution in [3.63, 3.8) is 0 Å². The molecule has 2 unspecified atom stereocenters. The molecular formula is C34H41F3. The zero-order valence-electron chi connectivity index (χ0n) is 22.2. The number of allylic oxidation sites excluding steroid dienone is 5. The van der Waals surface area contributed by atoms with Gasteiger partial charge in [0.2, 0.25) is 0 Å². The molecular weight excluding hydrogens is 465 g/mol. The van der Waals surface area contributed by atoms with E-state index in [1.54, 1.807) is 18.2 Å². The molecule has 37 heavy (non-hydrogen) atoms. The molecule has 0 aromatic heterocycles. The van der Waals surface area contributed by atoms with E-state index in [1.807, 2.05) is 42.5 Å². The third-order valence-corrected chi connectivity index (χ3v) is 8.30. The van der Waals surface area contributed by atoms with E-state index in [2.05, 4.69) is 13.5 Å². The van der Waals surface area contributed by atoms with Crippen LogP contribution in [0.5, 0.6) is 0 Å². The van der Waals surface area contributed by atoms with Crippen LogP contribution >= 0.6 is 0 Å². The van der Waals surface area contributed by atoms with Gasteiger partial charge < -0.3 is 0 Å². The molecule has 198 valence electrons. The molecule has 1 saturated carbocycles. The largest absolute Gasteiger partial charge is 0.239 e. The standard InChI is InChI=1S/C34H41F3/c1-3-5-6-7-8-9-10-28-19-22-31(34(37)33(28)36)27-17-15-25(16-18-27)29-20-21-30(32(35)23-29)26-13-11-24(4-2)12-14-26/h4,15-24,26,33-34H,2-3,5-14H2,1H3. The molecule has 0 radical (unpaired) electrons. The second-order valence-corrected chi connectivity index (χ2v) is 10.8. The van der Waals surface area contributed by atoms with Gasteiger partial charge in [-0.25, -0.2) is 13.2 Å². The van der Waals surface area contributed by atoms with Gasteiger partial charge in [-0.1, -0.05) is 93.7 Å². The summed E-state index contributed by atoms with van der Waals surface area (Å²) in [5.74, 6) is 0.654. The summed E-state index contributed by atoms with van der Waals surface area (Å²) in [7, 11) is 0. The van der Waals surface area contributed by atoms with Crippen LogP contribution < -0.4 is 0 Å². The maximum atomic E-state index is 15.1. The fourth-order valence-corrected chi connectivity index (χ4v) is 5.87. The zero-order valence-corrected chi connectivity index (χ0v) is 22.2. The normalized spacial score (nSPS) is 23.9. The Bertz CT molecular complexity index is 1090. The van der Waals surface area contributed by atoms with Gasteiger partial charge in [0.1, 0.15) is 5.82 Å². The van der Waals surface area contributed by atoms with E-state index >= 15 is 8.78 Å². The highest BCUT2D eigenvalue weighted by molar-refractivity contribution is 5.75. The first-order chi connectivity index (χ1) is 18.0. The van der Waals surface area contributed by atoms with Crippen molar-refractivity contribution in [1.29, 1.82) is 0 Å². The Labute approximate surface area is 221 Å². The highest BCUT2D eigenvalue weighted by Gasteiger charge is 2.31. The first-order valence-electron chi connectivity index (χ1n) is 14.2. The third kappa shape index (κ3) is 6.86. The van der Waals surface area contributed by atoms with Crippen LogP contribution in [0.15, 0.2) is 72.8 Å². The van der Waals surface area contributed by atoms with Gasteiger partial charge in [-0.15, -0.1) is 6.58 Å². The number of halogens is 3. The van der Waals surface area contributed by atoms with Gasteiger partial charge in [-0.05, 0) is 89.8 Å². The number of alkyl halides is 2. The second-order valence-electron chi connectivity index (χ2n) is 10.8. The number of rotatable bonds is 11. The molecule has 0 spiro atoms. The first kappa shape index (κ1) is 27.5. The number of unbranched alkanes of at least 4 members (excludes halogenated alkanes) is 5. The van der Waals surface area contributed by atoms with Gasteiger partial charge in [0.05, 0.1) is 0 Å².